The van der Waals surface area contributed by atoms with Gasteiger partial charge in [-0.2, -0.15) is 0 Å². The fourth-order valence-electron chi connectivity index (χ4n) is 2.70. The van der Waals surface area contributed by atoms with Crippen LogP contribution in [0.4, 0.5) is 0 Å². The molecular weight excluding hydrogens is 250 g/mol. The van der Waals surface area contributed by atoms with Crippen LogP contribution in [-0.2, 0) is 11.3 Å². The Labute approximate surface area is 111 Å². The highest BCUT2D eigenvalue weighted by Gasteiger charge is 2.43. The van der Waals surface area contributed by atoms with E-state index in [1.807, 2.05) is 0 Å². The molecule has 1 saturated heterocycles. The van der Waals surface area contributed by atoms with Gasteiger partial charge in [-0.3, -0.25) is 0 Å². The molecule has 18 heavy (non-hydrogen) atoms. The largest absolute Gasteiger partial charge is 0.375 e. The van der Waals surface area contributed by atoms with Crippen LogP contribution in [0.2, 0.25) is 0 Å². The Balaban J connectivity index is 1.63. The lowest BCUT2D eigenvalue weighted by Gasteiger charge is -2.46. The molecule has 3 rings (SSSR count). The van der Waals surface area contributed by atoms with Gasteiger partial charge in [0.25, 0.3) is 0 Å². The van der Waals surface area contributed by atoms with E-state index in [0.717, 1.165) is 24.6 Å². The summed E-state index contributed by atoms with van der Waals surface area (Å²) in [5.41, 5.74) is 5.73. The van der Waals surface area contributed by atoms with Gasteiger partial charge in [-0.1, -0.05) is 11.8 Å². The Hall–Kier alpha value is -0.660. The minimum absolute atomic E-state index is 0.183. The van der Waals surface area contributed by atoms with Crippen molar-refractivity contribution >= 4 is 11.8 Å². The third-order valence-corrected chi connectivity index (χ3v) is 5.06. The Morgan fingerprint density at radius 1 is 1.50 bits per heavy atom. The minimum Gasteiger partial charge on any atom is -0.375 e. The first kappa shape index (κ1) is 12.4. The second-order valence-corrected chi connectivity index (χ2v) is 6.36. The quantitative estimate of drug-likeness (QED) is 0.872. The van der Waals surface area contributed by atoms with Crippen LogP contribution in [0.1, 0.15) is 32.1 Å². The van der Waals surface area contributed by atoms with Gasteiger partial charge in [0, 0.05) is 18.4 Å². The molecule has 0 aromatic carbocycles. The first-order valence-corrected chi connectivity index (χ1v) is 7.46. The van der Waals surface area contributed by atoms with Crippen LogP contribution in [0, 0.1) is 0 Å². The Kier molecular flexibility index (Phi) is 3.54. The zero-order valence-corrected chi connectivity index (χ0v) is 11.2. The number of nitrogens with zero attached hydrogens (tertiary/aromatic N) is 4. The first-order chi connectivity index (χ1) is 8.81. The predicted molar refractivity (Wildman–Crippen MR) is 68.3 cm³/mol. The SMILES string of the molecule is NCCn1nnnc1SC1CCOC2(CCC2)C1. The molecule has 1 aromatic rings. The summed E-state index contributed by atoms with van der Waals surface area (Å²) in [6.45, 7) is 2.12. The van der Waals surface area contributed by atoms with E-state index < -0.39 is 0 Å². The van der Waals surface area contributed by atoms with Gasteiger partial charge in [-0.05, 0) is 42.5 Å². The molecule has 0 bridgehead atoms. The van der Waals surface area contributed by atoms with Gasteiger partial charge in [0.15, 0.2) is 0 Å². The molecule has 0 amide bonds. The summed E-state index contributed by atoms with van der Waals surface area (Å²) >= 11 is 1.78. The molecule has 2 fully saturated rings. The lowest BCUT2D eigenvalue weighted by molar-refractivity contribution is -0.125. The summed E-state index contributed by atoms with van der Waals surface area (Å²) in [4.78, 5) is 0. The van der Waals surface area contributed by atoms with Crippen molar-refractivity contribution in [1.29, 1.82) is 0 Å². The lowest BCUT2D eigenvalue weighted by Crippen LogP contribution is -2.46. The summed E-state index contributed by atoms with van der Waals surface area (Å²) < 4.78 is 7.74. The maximum atomic E-state index is 5.94. The lowest BCUT2D eigenvalue weighted by atomic mass is 9.75. The van der Waals surface area contributed by atoms with E-state index in [9.17, 15) is 0 Å². The number of aromatic nitrogens is 4. The van der Waals surface area contributed by atoms with Gasteiger partial charge in [-0.25, -0.2) is 4.68 Å². The van der Waals surface area contributed by atoms with Crippen molar-refractivity contribution in [3.05, 3.63) is 0 Å². The number of tetrazole rings is 1. The molecule has 1 spiro atoms. The Morgan fingerprint density at radius 3 is 3.11 bits per heavy atom. The van der Waals surface area contributed by atoms with Crippen molar-refractivity contribution in [2.75, 3.05) is 13.2 Å². The highest BCUT2D eigenvalue weighted by atomic mass is 32.2. The summed E-state index contributed by atoms with van der Waals surface area (Å²) in [5, 5.41) is 13.2. The Bertz CT molecular complexity index is 406. The van der Waals surface area contributed by atoms with Crippen LogP contribution in [0.15, 0.2) is 5.16 Å². The van der Waals surface area contributed by atoms with Crippen LogP contribution in [0.5, 0.6) is 0 Å². The van der Waals surface area contributed by atoms with Crippen LogP contribution in [0.25, 0.3) is 0 Å². The number of thioether (sulfide) groups is 1. The standard InChI is InChI=1S/C11H19N5OS/c12-5-6-16-10(13-14-15-16)18-9-2-7-17-11(8-9)3-1-4-11/h9H,1-8,12H2. The minimum atomic E-state index is 0.183. The molecule has 7 heteroatoms. The normalized spacial score (nSPS) is 26.2. The molecule has 100 valence electrons. The molecule has 6 nitrogen and oxygen atoms in total. The second kappa shape index (κ2) is 5.14. The van der Waals surface area contributed by atoms with Crippen molar-refractivity contribution in [2.24, 2.45) is 5.73 Å². The van der Waals surface area contributed by atoms with Crippen LogP contribution in [-0.4, -0.2) is 44.2 Å². The third-order valence-electron chi connectivity index (χ3n) is 3.82. The molecule has 1 aliphatic heterocycles. The van der Waals surface area contributed by atoms with E-state index in [2.05, 4.69) is 15.5 Å². The molecule has 2 N–H and O–H groups in total. The molecule has 1 aliphatic carbocycles. The zero-order valence-electron chi connectivity index (χ0n) is 10.4. The van der Waals surface area contributed by atoms with Crippen molar-refractivity contribution in [2.45, 2.75) is 54.7 Å². The molecule has 1 atom stereocenters. The summed E-state index contributed by atoms with van der Waals surface area (Å²) in [7, 11) is 0. The summed E-state index contributed by atoms with van der Waals surface area (Å²) in [6.07, 6.45) is 5.97. The molecular formula is C11H19N5OS. The number of nitrogens with two attached hydrogens (primary N) is 1. The number of hydrogen-bond donors (Lipinski definition) is 1. The maximum absolute atomic E-state index is 5.94. The highest BCUT2D eigenvalue weighted by Crippen LogP contribution is 2.45. The smallest absolute Gasteiger partial charge is 0.209 e. The van der Waals surface area contributed by atoms with E-state index in [1.165, 1.54) is 19.3 Å². The van der Waals surface area contributed by atoms with Gasteiger partial charge in [0.05, 0.1) is 12.1 Å². The van der Waals surface area contributed by atoms with Crippen molar-refractivity contribution in [3.8, 4) is 0 Å². The number of hydrogen-bond acceptors (Lipinski definition) is 6. The zero-order chi connectivity index (χ0) is 12.4. The van der Waals surface area contributed by atoms with Crippen LogP contribution < -0.4 is 5.73 Å². The van der Waals surface area contributed by atoms with Crippen LogP contribution in [0.3, 0.4) is 0 Å². The topological polar surface area (TPSA) is 78.9 Å². The van der Waals surface area contributed by atoms with Crippen molar-refractivity contribution in [1.82, 2.24) is 20.2 Å². The van der Waals surface area contributed by atoms with E-state index in [0.29, 0.717) is 18.3 Å². The fourth-order valence-corrected chi connectivity index (χ4v) is 3.93. The predicted octanol–water partition coefficient (Wildman–Crippen LogP) is 0.826. The third kappa shape index (κ3) is 2.39. The summed E-state index contributed by atoms with van der Waals surface area (Å²) in [6, 6.07) is 0. The van der Waals surface area contributed by atoms with Crippen molar-refractivity contribution < 1.29 is 4.74 Å². The molecule has 2 heterocycles. The molecule has 1 unspecified atom stereocenters. The van der Waals surface area contributed by atoms with Gasteiger partial charge >= 0.3 is 0 Å². The maximum Gasteiger partial charge on any atom is 0.209 e. The van der Waals surface area contributed by atoms with Gasteiger partial charge in [0.2, 0.25) is 5.16 Å². The molecule has 0 radical (unpaired) electrons. The van der Waals surface area contributed by atoms with E-state index in [1.54, 1.807) is 16.4 Å². The Morgan fingerprint density at radius 2 is 2.39 bits per heavy atom. The van der Waals surface area contributed by atoms with Crippen molar-refractivity contribution in [3.63, 3.8) is 0 Å². The number of ether oxygens (including phenoxy) is 1. The molecule has 1 saturated carbocycles. The highest BCUT2D eigenvalue weighted by molar-refractivity contribution is 7.99. The van der Waals surface area contributed by atoms with E-state index in [4.69, 9.17) is 10.5 Å². The second-order valence-electron chi connectivity index (χ2n) is 5.09. The number of rotatable bonds is 4. The van der Waals surface area contributed by atoms with E-state index in [-0.39, 0.29) is 5.60 Å². The van der Waals surface area contributed by atoms with Gasteiger partial charge in [0.1, 0.15) is 0 Å². The van der Waals surface area contributed by atoms with Gasteiger partial charge < -0.3 is 10.5 Å². The monoisotopic (exact) mass is 269 g/mol. The summed E-state index contributed by atoms with van der Waals surface area (Å²) in [5.74, 6) is 0. The molecule has 2 aliphatic rings. The van der Waals surface area contributed by atoms with E-state index >= 15 is 0 Å². The average Bonchev–Trinajstić information content (AvgIpc) is 2.76. The van der Waals surface area contributed by atoms with Crippen LogP contribution >= 0.6 is 11.8 Å². The molecule has 1 aromatic heterocycles. The van der Waals surface area contributed by atoms with Gasteiger partial charge in [-0.15, -0.1) is 5.10 Å². The fraction of sp³-hybridized carbons (Fsp3) is 0.909. The average molecular weight is 269 g/mol. The first-order valence-electron chi connectivity index (χ1n) is 6.58.